The lowest BCUT2D eigenvalue weighted by Crippen LogP contribution is -2.15. The first-order valence-corrected chi connectivity index (χ1v) is 7.00. The van der Waals surface area contributed by atoms with Crippen LogP contribution in [0.1, 0.15) is 29.4 Å². The highest BCUT2D eigenvalue weighted by Crippen LogP contribution is 2.26. The van der Waals surface area contributed by atoms with Gasteiger partial charge < -0.3 is 10.1 Å². The lowest BCUT2D eigenvalue weighted by Gasteiger charge is -2.12. The number of ether oxygens (including phenoxy) is 1. The molecule has 0 spiro atoms. The van der Waals surface area contributed by atoms with Crippen LogP contribution in [0.3, 0.4) is 0 Å². The summed E-state index contributed by atoms with van der Waals surface area (Å²) >= 11 is 5.73. The molecule has 0 saturated heterocycles. The predicted molar refractivity (Wildman–Crippen MR) is 82.0 cm³/mol. The molecule has 110 valence electrons. The van der Waals surface area contributed by atoms with Crippen LogP contribution >= 0.6 is 11.6 Å². The summed E-state index contributed by atoms with van der Waals surface area (Å²) in [5.74, 6) is 0.260. The molecule has 0 bridgehead atoms. The summed E-state index contributed by atoms with van der Waals surface area (Å²) in [7, 11) is 0. The third-order valence-electron chi connectivity index (χ3n) is 2.68. The van der Waals surface area contributed by atoms with Crippen LogP contribution in [0.25, 0.3) is 0 Å². The van der Waals surface area contributed by atoms with Gasteiger partial charge in [-0.3, -0.25) is 9.78 Å². The fraction of sp³-hybridized carbons (Fsp3) is 0.267. The second-order valence-corrected chi connectivity index (χ2v) is 4.92. The summed E-state index contributed by atoms with van der Waals surface area (Å²) in [5.41, 5.74) is 1.81. The van der Waals surface area contributed by atoms with E-state index in [4.69, 9.17) is 16.3 Å². The van der Waals surface area contributed by atoms with Crippen molar-refractivity contribution in [1.82, 2.24) is 9.97 Å². The van der Waals surface area contributed by atoms with Gasteiger partial charge in [0.1, 0.15) is 16.6 Å². The zero-order valence-corrected chi connectivity index (χ0v) is 12.6. The lowest BCUT2D eigenvalue weighted by molar-refractivity contribution is 0.102. The maximum atomic E-state index is 12.1. The van der Waals surface area contributed by atoms with Gasteiger partial charge in [0, 0.05) is 0 Å². The second-order valence-electron chi connectivity index (χ2n) is 4.53. The molecule has 1 amide bonds. The van der Waals surface area contributed by atoms with E-state index in [2.05, 4.69) is 15.3 Å². The highest BCUT2D eigenvalue weighted by molar-refractivity contribution is 6.29. The summed E-state index contributed by atoms with van der Waals surface area (Å²) in [4.78, 5) is 19.9. The van der Waals surface area contributed by atoms with E-state index in [1.54, 1.807) is 6.07 Å². The number of anilines is 1. The molecule has 1 heterocycles. The average Bonchev–Trinajstić information content (AvgIpc) is 2.47. The summed E-state index contributed by atoms with van der Waals surface area (Å²) in [6.07, 6.45) is 3.63. The Bertz CT molecular complexity index is 647. The summed E-state index contributed by atoms with van der Waals surface area (Å²) in [5, 5.41) is 2.94. The van der Waals surface area contributed by atoms with Gasteiger partial charge in [-0.2, -0.15) is 0 Å². The molecule has 1 aromatic heterocycles. The van der Waals surface area contributed by atoms with Crippen LogP contribution in [-0.4, -0.2) is 22.5 Å². The number of carbonyl (C=O) groups is 1. The van der Waals surface area contributed by atoms with Gasteiger partial charge in [-0.25, -0.2) is 4.98 Å². The first-order valence-electron chi connectivity index (χ1n) is 6.62. The van der Waals surface area contributed by atoms with E-state index in [1.165, 1.54) is 12.4 Å². The third kappa shape index (κ3) is 4.16. The van der Waals surface area contributed by atoms with Crippen molar-refractivity contribution < 1.29 is 9.53 Å². The maximum absolute atomic E-state index is 12.1. The Morgan fingerprint density at radius 2 is 2.19 bits per heavy atom. The van der Waals surface area contributed by atoms with Crippen LogP contribution < -0.4 is 10.1 Å². The molecular weight excluding hydrogens is 290 g/mol. The van der Waals surface area contributed by atoms with Crippen LogP contribution in [0.4, 0.5) is 5.69 Å². The molecule has 6 heteroatoms. The average molecular weight is 306 g/mol. The van der Waals surface area contributed by atoms with Crippen molar-refractivity contribution >= 4 is 23.2 Å². The number of hydrogen-bond acceptors (Lipinski definition) is 4. The van der Waals surface area contributed by atoms with Crippen molar-refractivity contribution in [3.63, 3.8) is 0 Å². The number of benzene rings is 1. The number of aryl methyl sites for hydroxylation is 1. The van der Waals surface area contributed by atoms with E-state index < -0.39 is 0 Å². The summed E-state index contributed by atoms with van der Waals surface area (Å²) < 4.78 is 5.65. The number of aromatic nitrogens is 2. The van der Waals surface area contributed by atoms with E-state index in [-0.39, 0.29) is 16.8 Å². The molecule has 1 aromatic carbocycles. The van der Waals surface area contributed by atoms with E-state index in [0.29, 0.717) is 18.0 Å². The monoisotopic (exact) mass is 305 g/mol. The molecule has 0 radical (unpaired) electrons. The highest BCUT2D eigenvalue weighted by Gasteiger charge is 2.12. The number of nitrogens with one attached hydrogen (secondary N) is 1. The van der Waals surface area contributed by atoms with Gasteiger partial charge in [-0.15, -0.1) is 0 Å². The second kappa shape index (κ2) is 7.04. The smallest absolute Gasteiger partial charge is 0.276 e. The minimum absolute atomic E-state index is 0.157. The van der Waals surface area contributed by atoms with Crippen LogP contribution in [0.5, 0.6) is 5.75 Å². The van der Waals surface area contributed by atoms with Gasteiger partial charge >= 0.3 is 0 Å². The fourth-order valence-corrected chi connectivity index (χ4v) is 1.85. The van der Waals surface area contributed by atoms with E-state index >= 15 is 0 Å². The molecule has 0 saturated carbocycles. The summed E-state index contributed by atoms with van der Waals surface area (Å²) in [6.45, 7) is 4.58. The van der Waals surface area contributed by atoms with Gasteiger partial charge in [-0.1, -0.05) is 24.6 Å². The van der Waals surface area contributed by atoms with Crippen molar-refractivity contribution in [3.05, 3.63) is 47.0 Å². The quantitative estimate of drug-likeness (QED) is 0.918. The summed E-state index contributed by atoms with van der Waals surface area (Å²) in [6, 6.07) is 5.59. The molecule has 21 heavy (non-hydrogen) atoms. The van der Waals surface area contributed by atoms with Gasteiger partial charge in [0.25, 0.3) is 5.91 Å². The largest absolute Gasteiger partial charge is 0.491 e. The van der Waals surface area contributed by atoms with E-state index in [9.17, 15) is 4.79 Å². The molecule has 0 atom stereocenters. The standard InChI is InChI=1S/C15H16ClN3O2/c1-3-6-21-13-7-10(2)4-5-11(13)19-15(20)12-8-17-9-14(16)18-12/h4-5,7-9H,3,6H2,1-2H3,(H,19,20). The molecule has 0 unspecified atom stereocenters. The molecule has 2 rings (SSSR count). The molecule has 0 aliphatic carbocycles. The minimum Gasteiger partial charge on any atom is -0.491 e. The van der Waals surface area contributed by atoms with Crippen LogP contribution in [0.15, 0.2) is 30.6 Å². The molecule has 0 aliphatic rings. The number of carbonyl (C=O) groups excluding carboxylic acids is 1. The number of hydrogen-bond donors (Lipinski definition) is 1. The Kier molecular flexibility index (Phi) is 5.11. The Hall–Kier alpha value is -2.14. The molecule has 2 aromatic rings. The molecule has 0 fully saturated rings. The number of nitrogens with zero attached hydrogens (tertiary/aromatic N) is 2. The van der Waals surface area contributed by atoms with Crippen LogP contribution in [0, 0.1) is 6.92 Å². The molecule has 5 nitrogen and oxygen atoms in total. The van der Waals surface area contributed by atoms with E-state index in [1.807, 2.05) is 26.0 Å². The minimum atomic E-state index is -0.379. The predicted octanol–water partition coefficient (Wildman–Crippen LogP) is 3.48. The molecule has 1 N–H and O–H groups in total. The Balaban J connectivity index is 2.20. The van der Waals surface area contributed by atoms with Crippen molar-refractivity contribution in [3.8, 4) is 5.75 Å². The maximum Gasteiger partial charge on any atom is 0.276 e. The van der Waals surface area contributed by atoms with Gasteiger partial charge in [0.05, 0.1) is 24.7 Å². The van der Waals surface area contributed by atoms with Gasteiger partial charge in [0.2, 0.25) is 0 Å². The Morgan fingerprint density at radius 1 is 1.38 bits per heavy atom. The third-order valence-corrected chi connectivity index (χ3v) is 2.87. The lowest BCUT2D eigenvalue weighted by atomic mass is 10.2. The normalized spacial score (nSPS) is 10.2. The number of halogens is 1. The van der Waals surface area contributed by atoms with Crippen molar-refractivity contribution in [2.75, 3.05) is 11.9 Å². The molecule has 0 aliphatic heterocycles. The molecular formula is C15H16ClN3O2. The van der Waals surface area contributed by atoms with E-state index in [0.717, 1.165) is 12.0 Å². The highest BCUT2D eigenvalue weighted by atomic mass is 35.5. The van der Waals surface area contributed by atoms with Gasteiger partial charge in [-0.05, 0) is 31.0 Å². The number of rotatable bonds is 5. The Morgan fingerprint density at radius 3 is 2.90 bits per heavy atom. The van der Waals surface area contributed by atoms with Crippen molar-refractivity contribution in [2.45, 2.75) is 20.3 Å². The van der Waals surface area contributed by atoms with Crippen LogP contribution in [-0.2, 0) is 0 Å². The SMILES string of the molecule is CCCOc1cc(C)ccc1NC(=O)c1cncc(Cl)n1. The van der Waals surface area contributed by atoms with Crippen LogP contribution in [0.2, 0.25) is 5.15 Å². The first kappa shape index (κ1) is 15.3. The zero-order chi connectivity index (χ0) is 15.2. The first-order chi connectivity index (χ1) is 10.1. The van der Waals surface area contributed by atoms with Crippen molar-refractivity contribution in [1.29, 1.82) is 0 Å². The zero-order valence-electron chi connectivity index (χ0n) is 11.9. The van der Waals surface area contributed by atoms with Gasteiger partial charge in [0.15, 0.2) is 0 Å². The number of amides is 1. The topological polar surface area (TPSA) is 64.1 Å². The fourth-order valence-electron chi connectivity index (χ4n) is 1.70. The Labute approximate surface area is 128 Å². The van der Waals surface area contributed by atoms with Crippen molar-refractivity contribution in [2.24, 2.45) is 0 Å².